The molecule has 1 amide bonds. The standard InChI is InChI=1S/C23H27NO2S/c1-12(2)8-15-16(9-13(3)4)21-20(11-17(15)23(24)26)27-19-7-6-14(5)10-18(19)22(21)25/h6-7,10-13H,8-9H2,1-5H3,(H2,24,26). The average Bonchev–Trinajstić information content (AvgIpc) is 2.56. The van der Waals surface area contributed by atoms with E-state index in [9.17, 15) is 9.59 Å². The second-order valence-corrected chi connectivity index (χ2v) is 9.33. The van der Waals surface area contributed by atoms with Crippen molar-refractivity contribution in [2.75, 3.05) is 0 Å². The molecule has 0 unspecified atom stereocenters. The minimum Gasteiger partial charge on any atom is -0.366 e. The summed E-state index contributed by atoms with van der Waals surface area (Å²) in [6.07, 6.45) is 1.51. The van der Waals surface area contributed by atoms with E-state index in [-0.39, 0.29) is 5.43 Å². The molecule has 1 aromatic heterocycles. The number of benzene rings is 2. The number of nitrogens with two attached hydrogens (primary N) is 1. The van der Waals surface area contributed by atoms with Crippen molar-refractivity contribution in [1.29, 1.82) is 0 Å². The number of rotatable bonds is 5. The molecule has 0 radical (unpaired) electrons. The zero-order valence-electron chi connectivity index (χ0n) is 16.7. The molecule has 2 aromatic carbocycles. The number of fused-ring (bicyclic) bond motifs is 2. The Kier molecular flexibility index (Phi) is 5.38. The first-order chi connectivity index (χ1) is 12.7. The molecule has 4 heteroatoms. The van der Waals surface area contributed by atoms with Gasteiger partial charge in [-0.2, -0.15) is 0 Å². The lowest BCUT2D eigenvalue weighted by atomic mass is 9.86. The fourth-order valence-corrected chi connectivity index (χ4v) is 4.87. The lowest BCUT2D eigenvalue weighted by Crippen LogP contribution is -2.19. The Hall–Kier alpha value is -2.20. The van der Waals surface area contributed by atoms with Gasteiger partial charge in [-0.1, -0.05) is 39.3 Å². The highest BCUT2D eigenvalue weighted by atomic mass is 32.1. The molecule has 0 saturated heterocycles. The van der Waals surface area contributed by atoms with Crippen molar-refractivity contribution in [3.05, 3.63) is 56.7 Å². The van der Waals surface area contributed by atoms with E-state index >= 15 is 0 Å². The van der Waals surface area contributed by atoms with Crippen LogP contribution in [-0.2, 0) is 12.8 Å². The van der Waals surface area contributed by atoms with E-state index in [2.05, 4.69) is 27.7 Å². The van der Waals surface area contributed by atoms with Crippen LogP contribution in [-0.4, -0.2) is 5.91 Å². The number of carbonyl (C=O) groups is 1. The second-order valence-electron chi connectivity index (χ2n) is 8.25. The van der Waals surface area contributed by atoms with Gasteiger partial charge in [-0.25, -0.2) is 0 Å². The summed E-state index contributed by atoms with van der Waals surface area (Å²) in [4.78, 5) is 25.7. The molecule has 0 atom stereocenters. The topological polar surface area (TPSA) is 60.2 Å². The van der Waals surface area contributed by atoms with Crippen LogP contribution >= 0.6 is 11.3 Å². The maximum Gasteiger partial charge on any atom is 0.249 e. The Morgan fingerprint density at radius 1 is 1.00 bits per heavy atom. The van der Waals surface area contributed by atoms with Crippen LogP contribution in [0.2, 0.25) is 0 Å². The maximum absolute atomic E-state index is 13.5. The SMILES string of the molecule is Cc1ccc2sc3cc(C(N)=O)c(CC(C)C)c(CC(C)C)c3c(=O)c2c1. The van der Waals surface area contributed by atoms with Crippen molar-refractivity contribution in [1.82, 2.24) is 0 Å². The van der Waals surface area contributed by atoms with E-state index < -0.39 is 5.91 Å². The molecule has 2 N–H and O–H groups in total. The third kappa shape index (κ3) is 3.77. The summed E-state index contributed by atoms with van der Waals surface area (Å²) in [7, 11) is 0. The van der Waals surface area contributed by atoms with Crippen LogP contribution in [0, 0.1) is 18.8 Å². The molecule has 0 spiro atoms. The van der Waals surface area contributed by atoms with Gasteiger partial charge in [0.15, 0.2) is 5.43 Å². The van der Waals surface area contributed by atoms with Gasteiger partial charge in [-0.05, 0) is 60.9 Å². The number of aryl methyl sites for hydroxylation is 1. The molecule has 0 saturated carbocycles. The minimum atomic E-state index is -0.416. The molecule has 27 heavy (non-hydrogen) atoms. The molecule has 142 valence electrons. The third-order valence-electron chi connectivity index (χ3n) is 4.83. The largest absolute Gasteiger partial charge is 0.366 e. The van der Waals surface area contributed by atoms with Gasteiger partial charge in [0.2, 0.25) is 5.91 Å². The summed E-state index contributed by atoms with van der Waals surface area (Å²) in [5.74, 6) is 0.328. The summed E-state index contributed by atoms with van der Waals surface area (Å²) in [6.45, 7) is 10.5. The Morgan fingerprint density at radius 3 is 2.22 bits per heavy atom. The van der Waals surface area contributed by atoms with Crippen LogP contribution < -0.4 is 11.2 Å². The lowest BCUT2D eigenvalue weighted by molar-refractivity contribution is 0.0999. The number of primary amides is 1. The van der Waals surface area contributed by atoms with E-state index in [1.165, 1.54) is 0 Å². The molecule has 0 aliphatic heterocycles. The van der Waals surface area contributed by atoms with E-state index in [4.69, 9.17) is 5.73 Å². The molecule has 3 aromatic rings. The van der Waals surface area contributed by atoms with Gasteiger partial charge in [0.1, 0.15) is 0 Å². The normalized spacial score (nSPS) is 11.8. The molecule has 1 heterocycles. The Balaban J connectivity index is 2.52. The predicted octanol–water partition coefficient (Wildman–Crippen LogP) is 5.22. The first-order valence-electron chi connectivity index (χ1n) is 9.50. The van der Waals surface area contributed by atoms with E-state index in [0.717, 1.165) is 49.7 Å². The van der Waals surface area contributed by atoms with Crippen molar-refractivity contribution in [3.8, 4) is 0 Å². The van der Waals surface area contributed by atoms with Gasteiger partial charge in [0, 0.05) is 25.7 Å². The summed E-state index contributed by atoms with van der Waals surface area (Å²) in [6, 6.07) is 7.81. The molecule has 3 rings (SSSR count). The van der Waals surface area contributed by atoms with Crippen LogP contribution in [0.5, 0.6) is 0 Å². The Bertz CT molecular complexity index is 1090. The van der Waals surface area contributed by atoms with Crippen molar-refractivity contribution in [3.63, 3.8) is 0 Å². The quantitative estimate of drug-likeness (QED) is 0.616. The van der Waals surface area contributed by atoms with Crippen molar-refractivity contribution in [2.45, 2.75) is 47.5 Å². The van der Waals surface area contributed by atoms with Gasteiger partial charge in [0.25, 0.3) is 0 Å². The van der Waals surface area contributed by atoms with Crippen LogP contribution in [0.25, 0.3) is 20.2 Å². The molecular weight excluding hydrogens is 354 g/mol. The lowest BCUT2D eigenvalue weighted by Gasteiger charge is -2.19. The minimum absolute atomic E-state index is 0.0686. The van der Waals surface area contributed by atoms with E-state index in [0.29, 0.717) is 17.4 Å². The van der Waals surface area contributed by atoms with Crippen LogP contribution in [0.4, 0.5) is 0 Å². The van der Waals surface area contributed by atoms with Crippen LogP contribution in [0.3, 0.4) is 0 Å². The molecule has 0 aliphatic carbocycles. The Morgan fingerprint density at radius 2 is 1.63 bits per heavy atom. The predicted molar refractivity (Wildman–Crippen MR) is 116 cm³/mol. The van der Waals surface area contributed by atoms with Gasteiger partial charge < -0.3 is 5.73 Å². The molecule has 0 bridgehead atoms. The first-order valence-corrected chi connectivity index (χ1v) is 10.3. The summed E-state index contributed by atoms with van der Waals surface area (Å²) >= 11 is 1.57. The highest BCUT2D eigenvalue weighted by molar-refractivity contribution is 7.24. The van der Waals surface area contributed by atoms with Crippen LogP contribution in [0.15, 0.2) is 29.1 Å². The van der Waals surface area contributed by atoms with Gasteiger partial charge >= 0.3 is 0 Å². The van der Waals surface area contributed by atoms with Gasteiger partial charge in [-0.3, -0.25) is 9.59 Å². The van der Waals surface area contributed by atoms with E-state index in [1.54, 1.807) is 11.3 Å². The van der Waals surface area contributed by atoms with Crippen LogP contribution in [0.1, 0.15) is 54.7 Å². The number of amides is 1. The van der Waals surface area contributed by atoms with Crippen molar-refractivity contribution >= 4 is 37.4 Å². The monoisotopic (exact) mass is 381 g/mol. The van der Waals surface area contributed by atoms with Gasteiger partial charge in [0.05, 0.1) is 0 Å². The molecule has 0 fully saturated rings. The van der Waals surface area contributed by atoms with Gasteiger partial charge in [-0.15, -0.1) is 11.3 Å². The number of hydrogen-bond donors (Lipinski definition) is 1. The summed E-state index contributed by atoms with van der Waals surface area (Å²) in [5, 5.41) is 1.53. The smallest absolute Gasteiger partial charge is 0.249 e. The molecular formula is C23H27NO2S. The van der Waals surface area contributed by atoms with Crippen molar-refractivity contribution < 1.29 is 4.79 Å². The zero-order valence-corrected chi connectivity index (χ0v) is 17.5. The fraction of sp³-hybridized carbons (Fsp3) is 0.391. The number of hydrogen-bond acceptors (Lipinski definition) is 3. The Labute approximate surface area is 164 Å². The second kappa shape index (κ2) is 7.43. The van der Waals surface area contributed by atoms with Crippen molar-refractivity contribution in [2.24, 2.45) is 17.6 Å². The number of carbonyl (C=O) groups excluding carboxylic acids is 1. The van der Waals surface area contributed by atoms with E-state index in [1.807, 2.05) is 31.2 Å². The molecule has 0 aliphatic rings. The average molecular weight is 382 g/mol. The summed E-state index contributed by atoms with van der Waals surface area (Å²) < 4.78 is 1.80. The third-order valence-corrected chi connectivity index (χ3v) is 5.95. The molecule has 3 nitrogen and oxygen atoms in total. The highest BCUT2D eigenvalue weighted by Crippen LogP contribution is 2.33. The highest BCUT2D eigenvalue weighted by Gasteiger charge is 2.21. The summed E-state index contributed by atoms with van der Waals surface area (Å²) in [5.41, 5.74) is 9.41. The zero-order chi connectivity index (χ0) is 19.9. The first kappa shape index (κ1) is 19.6. The maximum atomic E-state index is 13.5. The fourth-order valence-electron chi connectivity index (χ4n) is 3.74.